The van der Waals surface area contributed by atoms with Gasteiger partial charge in [0, 0.05) is 25.2 Å². The van der Waals surface area contributed by atoms with Crippen LogP contribution in [0.5, 0.6) is 0 Å². The van der Waals surface area contributed by atoms with Crippen molar-refractivity contribution in [2.45, 2.75) is 38.2 Å². The zero-order chi connectivity index (χ0) is 15.5. The Kier molecular flexibility index (Phi) is 4.57. The van der Waals surface area contributed by atoms with Crippen molar-refractivity contribution in [3.63, 3.8) is 0 Å². The number of nitro groups is 1. The second-order valence-corrected chi connectivity index (χ2v) is 5.83. The third-order valence-corrected chi connectivity index (χ3v) is 3.92. The summed E-state index contributed by atoms with van der Waals surface area (Å²) in [6.07, 6.45) is 2.31. The highest BCUT2D eigenvalue weighted by Gasteiger charge is 2.26. The molecule has 1 unspecified atom stereocenters. The molecule has 0 radical (unpaired) electrons. The van der Waals surface area contributed by atoms with E-state index in [9.17, 15) is 20.0 Å². The first-order valence-corrected chi connectivity index (χ1v) is 7.11. The molecule has 2 rings (SSSR count). The van der Waals surface area contributed by atoms with E-state index in [1.807, 2.05) is 0 Å². The highest BCUT2D eigenvalue weighted by molar-refractivity contribution is 5.78. The van der Waals surface area contributed by atoms with Crippen LogP contribution in [0.4, 0.5) is 5.69 Å². The maximum Gasteiger partial charge on any atom is 0.269 e. The second kappa shape index (κ2) is 6.22. The van der Waals surface area contributed by atoms with Crippen LogP contribution in [0.25, 0.3) is 0 Å². The van der Waals surface area contributed by atoms with Crippen LogP contribution in [-0.2, 0) is 11.2 Å². The highest BCUT2D eigenvalue weighted by atomic mass is 16.6. The fourth-order valence-electron chi connectivity index (χ4n) is 2.53. The molecule has 0 saturated carbocycles. The lowest BCUT2D eigenvalue weighted by atomic mass is 9.98. The SMILES string of the molecule is CC1(O)CCCN(C(=O)Cc2ccc([N+](=O)[O-])cc2)CC1. The molecule has 1 aromatic rings. The van der Waals surface area contributed by atoms with Gasteiger partial charge in [0.2, 0.25) is 5.91 Å². The third kappa shape index (κ3) is 4.26. The number of aliphatic hydroxyl groups is 1. The average Bonchev–Trinajstić information content (AvgIpc) is 2.60. The number of nitro benzene ring substituents is 1. The Hall–Kier alpha value is -1.95. The molecule has 0 spiro atoms. The molecule has 21 heavy (non-hydrogen) atoms. The van der Waals surface area contributed by atoms with Gasteiger partial charge in [-0.1, -0.05) is 12.1 Å². The fourth-order valence-corrected chi connectivity index (χ4v) is 2.53. The molecule has 6 nitrogen and oxygen atoms in total. The molecular weight excluding hydrogens is 272 g/mol. The van der Waals surface area contributed by atoms with E-state index in [0.29, 0.717) is 25.9 Å². The Morgan fingerprint density at radius 2 is 2.00 bits per heavy atom. The third-order valence-electron chi connectivity index (χ3n) is 3.92. The monoisotopic (exact) mass is 292 g/mol. The quantitative estimate of drug-likeness (QED) is 0.681. The minimum atomic E-state index is -0.692. The van der Waals surface area contributed by atoms with E-state index in [0.717, 1.165) is 12.0 Å². The lowest BCUT2D eigenvalue weighted by Gasteiger charge is -2.22. The predicted molar refractivity (Wildman–Crippen MR) is 77.9 cm³/mol. The Morgan fingerprint density at radius 1 is 1.33 bits per heavy atom. The highest BCUT2D eigenvalue weighted by Crippen LogP contribution is 2.22. The number of hydrogen-bond acceptors (Lipinski definition) is 4. The van der Waals surface area contributed by atoms with Crippen molar-refractivity contribution in [1.82, 2.24) is 4.90 Å². The molecule has 1 aromatic carbocycles. The number of benzene rings is 1. The van der Waals surface area contributed by atoms with Crippen molar-refractivity contribution in [3.05, 3.63) is 39.9 Å². The van der Waals surface area contributed by atoms with Crippen LogP contribution in [0.15, 0.2) is 24.3 Å². The summed E-state index contributed by atoms with van der Waals surface area (Å²) in [4.78, 5) is 24.2. The molecule has 1 aliphatic rings. The van der Waals surface area contributed by atoms with E-state index >= 15 is 0 Å². The van der Waals surface area contributed by atoms with Crippen LogP contribution >= 0.6 is 0 Å². The van der Waals surface area contributed by atoms with Gasteiger partial charge in [0.25, 0.3) is 5.69 Å². The molecule has 0 aromatic heterocycles. The van der Waals surface area contributed by atoms with Crippen LogP contribution in [0, 0.1) is 10.1 Å². The first-order chi connectivity index (χ1) is 9.87. The van der Waals surface area contributed by atoms with Gasteiger partial charge in [-0.05, 0) is 31.7 Å². The smallest absolute Gasteiger partial charge is 0.269 e. The number of non-ortho nitro benzene ring substituents is 1. The van der Waals surface area contributed by atoms with Crippen LogP contribution in [-0.4, -0.2) is 39.5 Å². The van der Waals surface area contributed by atoms with Gasteiger partial charge in [-0.3, -0.25) is 14.9 Å². The molecule has 0 bridgehead atoms. The molecular formula is C15H20N2O4. The van der Waals surface area contributed by atoms with Gasteiger partial charge < -0.3 is 10.0 Å². The fraction of sp³-hybridized carbons (Fsp3) is 0.533. The number of nitrogens with zero attached hydrogens (tertiary/aromatic N) is 2. The van der Waals surface area contributed by atoms with E-state index in [-0.39, 0.29) is 18.0 Å². The summed E-state index contributed by atoms with van der Waals surface area (Å²) in [5.74, 6) is 0.00144. The van der Waals surface area contributed by atoms with Crippen molar-refractivity contribution in [3.8, 4) is 0 Å². The largest absolute Gasteiger partial charge is 0.390 e. The summed E-state index contributed by atoms with van der Waals surface area (Å²) in [6.45, 7) is 3.01. The topological polar surface area (TPSA) is 83.7 Å². The zero-order valence-corrected chi connectivity index (χ0v) is 12.1. The van der Waals surface area contributed by atoms with Crippen molar-refractivity contribution < 1.29 is 14.8 Å². The number of hydrogen-bond donors (Lipinski definition) is 1. The molecule has 1 amide bonds. The summed E-state index contributed by atoms with van der Waals surface area (Å²) in [6, 6.07) is 6.06. The van der Waals surface area contributed by atoms with Gasteiger partial charge in [-0.25, -0.2) is 0 Å². The maximum atomic E-state index is 12.3. The first-order valence-electron chi connectivity index (χ1n) is 7.11. The van der Waals surface area contributed by atoms with Crippen LogP contribution in [0.1, 0.15) is 31.7 Å². The number of rotatable bonds is 3. The van der Waals surface area contributed by atoms with E-state index in [4.69, 9.17) is 0 Å². The van der Waals surface area contributed by atoms with Gasteiger partial charge in [0.1, 0.15) is 0 Å². The van der Waals surface area contributed by atoms with Crippen LogP contribution in [0.2, 0.25) is 0 Å². The number of amides is 1. The molecule has 1 N–H and O–H groups in total. The Morgan fingerprint density at radius 3 is 2.62 bits per heavy atom. The van der Waals surface area contributed by atoms with Crippen LogP contribution in [0.3, 0.4) is 0 Å². The summed E-state index contributed by atoms with van der Waals surface area (Å²) in [7, 11) is 0. The van der Waals surface area contributed by atoms with Gasteiger partial charge in [0.05, 0.1) is 16.9 Å². The zero-order valence-electron chi connectivity index (χ0n) is 12.1. The van der Waals surface area contributed by atoms with Crippen molar-refractivity contribution in [2.24, 2.45) is 0 Å². The Balaban J connectivity index is 1.96. The van der Waals surface area contributed by atoms with E-state index in [2.05, 4.69) is 0 Å². The Labute approximate surface area is 123 Å². The van der Waals surface area contributed by atoms with E-state index < -0.39 is 10.5 Å². The molecule has 0 aliphatic carbocycles. The molecule has 114 valence electrons. The molecule has 1 fully saturated rings. The Bertz CT molecular complexity index is 525. The van der Waals surface area contributed by atoms with Gasteiger partial charge in [-0.2, -0.15) is 0 Å². The molecule has 1 aliphatic heterocycles. The predicted octanol–water partition coefficient (Wildman–Crippen LogP) is 1.90. The van der Waals surface area contributed by atoms with E-state index in [1.54, 1.807) is 24.0 Å². The number of carbonyl (C=O) groups is 1. The average molecular weight is 292 g/mol. The summed E-state index contributed by atoms with van der Waals surface area (Å²) < 4.78 is 0. The number of likely N-dealkylation sites (tertiary alicyclic amines) is 1. The van der Waals surface area contributed by atoms with Gasteiger partial charge >= 0.3 is 0 Å². The summed E-state index contributed by atoms with van der Waals surface area (Å²) in [5.41, 5.74) is 0.0983. The number of carbonyl (C=O) groups excluding carboxylic acids is 1. The van der Waals surface area contributed by atoms with E-state index in [1.165, 1.54) is 12.1 Å². The summed E-state index contributed by atoms with van der Waals surface area (Å²) >= 11 is 0. The second-order valence-electron chi connectivity index (χ2n) is 5.83. The van der Waals surface area contributed by atoms with Gasteiger partial charge in [0.15, 0.2) is 0 Å². The van der Waals surface area contributed by atoms with Crippen molar-refractivity contribution in [2.75, 3.05) is 13.1 Å². The molecule has 6 heteroatoms. The van der Waals surface area contributed by atoms with Crippen molar-refractivity contribution in [1.29, 1.82) is 0 Å². The lowest BCUT2D eigenvalue weighted by molar-refractivity contribution is -0.384. The summed E-state index contributed by atoms with van der Waals surface area (Å²) in [5, 5.41) is 20.6. The minimum absolute atomic E-state index is 0.00144. The van der Waals surface area contributed by atoms with Crippen molar-refractivity contribution >= 4 is 11.6 Å². The van der Waals surface area contributed by atoms with Crippen LogP contribution < -0.4 is 0 Å². The first kappa shape index (κ1) is 15.4. The maximum absolute atomic E-state index is 12.3. The minimum Gasteiger partial charge on any atom is -0.390 e. The lowest BCUT2D eigenvalue weighted by Crippen LogP contribution is -2.34. The molecule has 1 heterocycles. The standard InChI is InChI=1S/C15H20N2O4/c1-15(19)7-2-9-16(10-8-15)14(18)11-12-3-5-13(6-4-12)17(20)21/h3-6,19H,2,7-11H2,1H3. The molecule has 1 atom stereocenters. The normalized spacial score (nSPS) is 22.7. The molecule has 1 saturated heterocycles. The van der Waals surface area contributed by atoms with Gasteiger partial charge in [-0.15, -0.1) is 0 Å².